The van der Waals surface area contributed by atoms with E-state index in [-0.39, 0.29) is 11.1 Å². The van der Waals surface area contributed by atoms with E-state index in [1.165, 1.54) is 0 Å². The molecule has 0 aliphatic carbocycles. The van der Waals surface area contributed by atoms with E-state index in [1.54, 1.807) is 24.3 Å². The van der Waals surface area contributed by atoms with Crippen LogP contribution in [-0.2, 0) is 9.47 Å². The molecule has 8 nitrogen and oxygen atoms in total. The molecule has 1 aromatic rings. The third-order valence-corrected chi connectivity index (χ3v) is 6.81. The van der Waals surface area contributed by atoms with Crippen LogP contribution in [-0.4, -0.2) is 84.0 Å². The summed E-state index contributed by atoms with van der Waals surface area (Å²) < 4.78 is 11.5. The Bertz CT molecular complexity index is 715. The molecule has 1 aromatic carbocycles. The van der Waals surface area contributed by atoms with Gasteiger partial charge in [0, 0.05) is 14.7 Å². The molecular weight excluding hydrogens is 382 g/mol. The normalized spacial score (nSPS) is 30.6. The van der Waals surface area contributed by atoms with Gasteiger partial charge in [-0.3, -0.25) is 14.5 Å². The molecule has 2 amide bonds. The molecule has 1 saturated heterocycles. The molecule has 0 saturated carbocycles. The van der Waals surface area contributed by atoms with E-state index in [0.717, 1.165) is 10.9 Å². The average molecular weight is 410 g/mol. The fraction of sp³-hybridized carbons (Fsp3) is 0.579. The van der Waals surface area contributed by atoms with Gasteiger partial charge < -0.3 is 24.8 Å². The minimum atomic E-state index is -1.51. The number of benzene rings is 1. The number of nitrogens with zero attached hydrogens (tertiary/aromatic N) is 1. The van der Waals surface area contributed by atoms with Crippen LogP contribution in [0.2, 0.25) is 25.7 Å². The molecule has 0 bridgehead atoms. The quantitative estimate of drug-likeness (QED) is 0.461. The fourth-order valence-corrected chi connectivity index (χ4v) is 4.17. The van der Waals surface area contributed by atoms with Crippen LogP contribution in [0, 0.1) is 0 Å². The summed E-state index contributed by atoms with van der Waals surface area (Å²) in [4.78, 5) is 26.6. The van der Waals surface area contributed by atoms with E-state index in [0.29, 0.717) is 6.61 Å². The maximum Gasteiger partial charge on any atom is 0.262 e. The van der Waals surface area contributed by atoms with E-state index in [4.69, 9.17) is 9.47 Å². The Morgan fingerprint density at radius 1 is 1.07 bits per heavy atom. The van der Waals surface area contributed by atoms with Crippen molar-refractivity contribution in [3.63, 3.8) is 0 Å². The second-order valence-corrected chi connectivity index (χ2v) is 14.0. The lowest BCUT2D eigenvalue weighted by Gasteiger charge is -2.44. The van der Waals surface area contributed by atoms with E-state index in [2.05, 4.69) is 19.6 Å². The first kappa shape index (κ1) is 21.1. The van der Waals surface area contributed by atoms with Crippen molar-refractivity contribution in [1.29, 1.82) is 0 Å². The van der Waals surface area contributed by atoms with Gasteiger partial charge in [0.05, 0.1) is 17.7 Å². The monoisotopic (exact) mass is 409 g/mol. The number of aliphatic hydroxyl groups is 3. The lowest BCUT2D eigenvalue weighted by Crippen LogP contribution is -2.65. The average Bonchev–Trinajstić information content (AvgIpc) is 2.89. The zero-order valence-electron chi connectivity index (χ0n) is 16.2. The van der Waals surface area contributed by atoms with E-state index >= 15 is 0 Å². The highest BCUT2D eigenvalue weighted by Crippen LogP contribution is 2.32. The molecule has 0 unspecified atom stereocenters. The molecule has 9 heteroatoms. The summed E-state index contributed by atoms with van der Waals surface area (Å²) in [7, 11) is -1.42. The highest BCUT2D eigenvalue weighted by Gasteiger charge is 2.53. The summed E-state index contributed by atoms with van der Waals surface area (Å²) in [6.45, 7) is 6.32. The number of hydrogen-bond acceptors (Lipinski definition) is 7. The zero-order valence-corrected chi connectivity index (χ0v) is 17.2. The Morgan fingerprint density at radius 3 is 2.14 bits per heavy atom. The van der Waals surface area contributed by atoms with Gasteiger partial charge in [-0.1, -0.05) is 31.8 Å². The molecule has 1 fully saturated rings. The number of imide groups is 1. The summed E-state index contributed by atoms with van der Waals surface area (Å²) in [5.74, 6) is -1.14. The fourth-order valence-electron chi connectivity index (χ4n) is 3.44. The summed E-state index contributed by atoms with van der Waals surface area (Å²) >= 11 is 0. The Labute approximate surface area is 164 Å². The van der Waals surface area contributed by atoms with Gasteiger partial charge in [-0.15, -0.1) is 0 Å². The van der Waals surface area contributed by atoms with E-state index in [1.807, 2.05) is 0 Å². The van der Waals surface area contributed by atoms with Crippen LogP contribution < -0.4 is 0 Å². The SMILES string of the molecule is C[Si](C)(C)CCO[C@H]1O[C@H](CO)[C@@H](O)[C@H](O)[C@@H]1N1C(=O)c2ccccc2C1=O. The van der Waals surface area contributed by atoms with Crippen LogP contribution in [0.4, 0.5) is 0 Å². The first-order valence-electron chi connectivity index (χ1n) is 9.36. The number of amides is 2. The van der Waals surface area contributed by atoms with Crippen molar-refractivity contribution in [3.05, 3.63) is 35.4 Å². The van der Waals surface area contributed by atoms with Crippen molar-refractivity contribution in [2.45, 2.75) is 56.3 Å². The highest BCUT2D eigenvalue weighted by atomic mass is 28.3. The third kappa shape index (κ3) is 3.91. The standard InChI is InChI=1S/C19H27NO7Si/c1-28(2,3)9-8-26-19-14(16(23)15(22)13(10-21)27-19)20-17(24)11-6-4-5-7-12(11)18(20)25/h4-7,13-16,19,21-23H,8-10H2,1-3H3/t13-,14+,15-,16-,19+/m1/s1. The number of carbonyl (C=O) groups is 2. The van der Waals surface area contributed by atoms with Crippen molar-refractivity contribution in [2.24, 2.45) is 0 Å². The van der Waals surface area contributed by atoms with Gasteiger partial charge in [0.15, 0.2) is 6.29 Å². The Morgan fingerprint density at radius 2 is 1.64 bits per heavy atom. The number of ether oxygens (including phenoxy) is 2. The Kier molecular flexibility index (Phi) is 6.04. The molecule has 0 spiro atoms. The molecule has 3 N–H and O–H groups in total. The molecule has 0 aromatic heterocycles. The summed E-state index contributed by atoms with van der Waals surface area (Å²) in [5, 5.41) is 30.4. The van der Waals surface area contributed by atoms with Crippen LogP contribution in [0.15, 0.2) is 24.3 Å². The van der Waals surface area contributed by atoms with Gasteiger partial charge in [0.2, 0.25) is 0 Å². The summed E-state index contributed by atoms with van der Waals surface area (Å²) in [6.07, 6.45) is -5.19. The molecular formula is C19H27NO7Si. The largest absolute Gasteiger partial charge is 0.394 e. The predicted octanol–water partition coefficient (Wildman–Crippen LogP) is 0.445. The smallest absolute Gasteiger partial charge is 0.262 e. The Hall–Kier alpha value is -1.62. The van der Waals surface area contributed by atoms with Crippen LogP contribution in [0.25, 0.3) is 0 Å². The molecule has 2 aliphatic rings. The maximum atomic E-state index is 12.8. The molecule has 5 atom stereocenters. The molecule has 2 heterocycles. The Balaban J connectivity index is 1.88. The van der Waals surface area contributed by atoms with Gasteiger partial charge in [0.1, 0.15) is 24.4 Å². The van der Waals surface area contributed by atoms with Crippen LogP contribution in [0.1, 0.15) is 20.7 Å². The van der Waals surface area contributed by atoms with Gasteiger partial charge in [0.25, 0.3) is 11.8 Å². The molecule has 154 valence electrons. The van der Waals surface area contributed by atoms with Crippen LogP contribution in [0.3, 0.4) is 0 Å². The van der Waals surface area contributed by atoms with Crippen molar-refractivity contribution in [2.75, 3.05) is 13.2 Å². The van der Waals surface area contributed by atoms with Crippen LogP contribution in [0.5, 0.6) is 0 Å². The third-order valence-electron chi connectivity index (χ3n) is 5.11. The van der Waals surface area contributed by atoms with Gasteiger partial charge in [-0.25, -0.2) is 0 Å². The van der Waals surface area contributed by atoms with Crippen molar-refractivity contribution < 1.29 is 34.4 Å². The number of carbonyl (C=O) groups excluding carboxylic acids is 2. The number of fused-ring (bicyclic) bond motifs is 1. The molecule has 0 radical (unpaired) electrons. The van der Waals surface area contributed by atoms with Gasteiger partial charge >= 0.3 is 0 Å². The van der Waals surface area contributed by atoms with Crippen molar-refractivity contribution >= 4 is 19.9 Å². The number of aliphatic hydroxyl groups excluding tert-OH is 3. The van der Waals surface area contributed by atoms with Crippen LogP contribution >= 0.6 is 0 Å². The first-order chi connectivity index (χ1) is 13.2. The van der Waals surface area contributed by atoms with Gasteiger partial charge in [-0.05, 0) is 18.2 Å². The predicted molar refractivity (Wildman–Crippen MR) is 103 cm³/mol. The maximum absolute atomic E-state index is 12.8. The second-order valence-electron chi connectivity index (χ2n) is 8.40. The summed E-state index contributed by atoms with van der Waals surface area (Å²) in [5.41, 5.74) is 0.471. The zero-order chi connectivity index (χ0) is 20.6. The number of hydrogen-bond donors (Lipinski definition) is 3. The molecule has 28 heavy (non-hydrogen) atoms. The lowest BCUT2D eigenvalue weighted by molar-refractivity contribution is -0.278. The van der Waals surface area contributed by atoms with Crippen molar-refractivity contribution in [3.8, 4) is 0 Å². The summed E-state index contributed by atoms with van der Waals surface area (Å²) in [6, 6.07) is 5.98. The highest BCUT2D eigenvalue weighted by molar-refractivity contribution is 6.76. The lowest BCUT2D eigenvalue weighted by atomic mass is 9.95. The van der Waals surface area contributed by atoms with Gasteiger partial charge in [-0.2, -0.15) is 0 Å². The van der Waals surface area contributed by atoms with Crippen molar-refractivity contribution in [1.82, 2.24) is 4.90 Å². The molecule has 2 aliphatic heterocycles. The first-order valence-corrected chi connectivity index (χ1v) is 13.1. The molecule has 3 rings (SSSR count). The minimum absolute atomic E-state index is 0.235. The number of rotatable bonds is 6. The minimum Gasteiger partial charge on any atom is -0.394 e. The topological polar surface area (TPSA) is 117 Å². The second kappa shape index (κ2) is 8.01. The van der Waals surface area contributed by atoms with E-state index < -0.39 is 57.1 Å². The van der Waals surface area contributed by atoms with E-state index in [9.17, 15) is 24.9 Å².